The lowest BCUT2D eigenvalue weighted by Crippen LogP contribution is -2.31. The number of carboxylic acid groups (broad SMARTS) is 4. The molecule has 0 saturated heterocycles. The van der Waals surface area contributed by atoms with Gasteiger partial charge in [0.15, 0.2) is 0 Å². The molecule has 20 nitrogen and oxygen atoms in total. The van der Waals surface area contributed by atoms with Crippen LogP contribution >= 0.6 is 136 Å². The highest BCUT2D eigenvalue weighted by Crippen LogP contribution is 2.38. The number of nitrogens with two attached hydrogens (primary N) is 3. The average Bonchev–Trinajstić information content (AvgIpc) is 3.41. The molecule has 0 aliphatic carbocycles. The van der Waals surface area contributed by atoms with Gasteiger partial charge in [0.2, 0.25) is 0 Å². The monoisotopic (exact) mass is 1790 g/mol. The van der Waals surface area contributed by atoms with E-state index < -0.39 is 23.9 Å². The van der Waals surface area contributed by atoms with Gasteiger partial charge >= 0.3 is 23.9 Å². The van der Waals surface area contributed by atoms with E-state index in [9.17, 15) is 15.3 Å². The minimum absolute atomic E-state index is 0.179. The van der Waals surface area contributed by atoms with Crippen LogP contribution in [0.5, 0.6) is 34.5 Å². The fourth-order valence-corrected chi connectivity index (χ4v) is 16.1. The molecule has 3 atom stereocenters. The molecule has 0 amide bonds. The van der Waals surface area contributed by atoms with E-state index in [1.807, 2.05) is 18.2 Å². The van der Waals surface area contributed by atoms with Gasteiger partial charge in [-0.05, 0) is 317 Å². The molecule has 26 heteroatoms. The summed E-state index contributed by atoms with van der Waals surface area (Å²) < 4.78 is 23.0. The molecule has 3 aliphatic rings. The number of carboxylic acids is 4. The van der Waals surface area contributed by atoms with E-state index in [-0.39, 0.29) is 35.4 Å². The van der Waals surface area contributed by atoms with Crippen molar-refractivity contribution in [1.29, 1.82) is 0 Å². The van der Waals surface area contributed by atoms with E-state index in [1.54, 1.807) is 39.5 Å². The quantitative estimate of drug-likeness (QED) is 0.0277. The van der Waals surface area contributed by atoms with E-state index >= 15 is 0 Å². The normalized spacial score (nSPS) is 15.5. The molecule has 0 fully saturated rings. The Morgan fingerprint density at radius 3 is 0.815 bits per heavy atom. The molecule has 9 rings (SSSR count). The Balaban J connectivity index is 0.000000202. The van der Waals surface area contributed by atoms with E-state index in [0.29, 0.717) is 17.1 Å². The number of nitrogens with one attached hydrogen (secondary N) is 3. The molecular formula is C55H58I6N6O14. The van der Waals surface area contributed by atoms with Gasteiger partial charge in [-0.15, -0.1) is 0 Å². The van der Waals surface area contributed by atoms with Crippen molar-refractivity contribution < 1.29 is 69.1 Å². The van der Waals surface area contributed by atoms with Gasteiger partial charge in [0.25, 0.3) is 0 Å². The van der Waals surface area contributed by atoms with Crippen LogP contribution in [0.2, 0.25) is 0 Å². The number of hydrogen-bond acceptors (Lipinski definition) is 16. The largest absolute Gasteiger partial charge is 0.506 e. The lowest BCUT2D eigenvalue weighted by atomic mass is 9.89. The number of phenols is 3. The average molecular weight is 1790 g/mol. The fourth-order valence-electron chi connectivity index (χ4n) is 9.12. The minimum atomic E-state index is -1.82. The Bertz CT molecular complexity index is 2880. The molecule has 0 radical (unpaired) electrons. The molecule has 3 aliphatic heterocycles. The summed E-state index contributed by atoms with van der Waals surface area (Å²) in [5, 5.41) is 69.7. The van der Waals surface area contributed by atoms with Crippen LogP contribution in [0.4, 0.5) is 17.1 Å². The lowest BCUT2D eigenvalue weighted by Gasteiger charge is -2.28. The van der Waals surface area contributed by atoms with Crippen LogP contribution in [0.3, 0.4) is 0 Å². The molecule has 6 aromatic rings. The standard InChI is InChI=1S/3C17H18I2N2O2.2C2H2O4/c3*1-23-17-12(18)4-9(5-13(17)19)6-15-11-8-14(20)16(22)7-10(11)2-3-21-15;2*3-1(4)2(5)6/h3*4-5,7-8,15,21-22H,2-3,6,20H2,1H3;2*(H,3,4)(H,5,6). The maximum absolute atomic E-state index is 9.82. The number of anilines is 3. The number of ether oxygens (including phenoxy) is 3. The number of aliphatic carboxylic acids is 4. The van der Waals surface area contributed by atoms with Gasteiger partial charge < -0.3 is 83.1 Å². The number of hydrogen-bond donors (Lipinski definition) is 13. The molecule has 3 unspecified atom stereocenters. The molecule has 16 N–H and O–H groups in total. The number of nitrogen functional groups attached to an aromatic ring is 3. The summed E-state index contributed by atoms with van der Waals surface area (Å²) in [6, 6.07) is 24.8. The molecule has 3 heterocycles. The number of fused-ring (bicyclic) bond motifs is 3. The van der Waals surface area contributed by atoms with E-state index in [2.05, 4.69) is 188 Å². The van der Waals surface area contributed by atoms with Crippen LogP contribution in [-0.4, -0.2) is 101 Å². The van der Waals surface area contributed by atoms with Crippen molar-refractivity contribution in [1.82, 2.24) is 16.0 Å². The highest BCUT2D eigenvalue weighted by atomic mass is 127. The Kier molecular flexibility index (Phi) is 26.3. The lowest BCUT2D eigenvalue weighted by molar-refractivity contribution is -0.159. The summed E-state index contributed by atoms with van der Waals surface area (Å²) in [6.45, 7) is 2.72. The van der Waals surface area contributed by atoms with Crippen LogP contribution in [0, 0.1) is 21.4 Å². The maximum Gasteiger partial charge on any atom is 0.414 e. The first-order valence-corrected chi connectivity index (χ1v) is 30.8. The van der Waals surface area contributed by atoms with Gasteiger partial charge in [-0.3, -0.25) is 0 Å². The fraction of sp³-hybridized carbons (Fsp3) is 0.273. The third-order valence-corrected chi connectivity index (χ3v) is 17.6. The Morgan fingerprint density at radius 2 is 0.630 bits per heavy atom. The first-order valence-electron chi connectivity index (χ1n) is 24.3. The summed E-state index contributed by atoms with van der Waals surface area (Å²) >= 11 is 13.9. The third-order valence-electron chi connectivity index (χ3n) is 12.8. The predicted octanol–water partition coefficient (Wildman–Crippen LogP) is 9.18. The molecule has 0 spiro atoms. The van der Waals surface area contributed by atoms with Gasteiger partial charge in [0.1, 0.15) is 34.5 Å². The van der Waals surface area contributed by atoms with E-state index in [4.69, 9.17) is 71.0 Å². The molecule has 6 aromatic carbocycles. The van der Waals surface area contributed by atoms with E-state index in [1.165, 1.54) is 50.1 Å². The van der Waals surface area contributed by atoms with Crippen LogP contribution in [0.25, 0.3) is 0 Å². The molecule has 81 heavy (non-hydrogen) atoms. The van der Waals surface area contributed by atoms with Crippen molar-refractivity contribution in [3.63, 3.8) is 0 Å². The Labute approximate surface area is 548 Å². The van der Waals surface area contributed by atoms with Crippen molar-refractivity contribution in [3.05, 3.63) is 144 Å². The molecule has 434 valence electrons. The van der Waals surface area contributed by atoms with Crippen LogP contribution < -0.4 is 47.4 Å². The number of benzene rings is 6. The number of carbonyl (C=O) groups is 4. The number of rotatable bonds is 9. The number of phenolic OH excluding ortho intramolecular Hbond substituents is 3. The Morgan fingerprint density at radius 1 is 0.420 bits per heavy atom. The SMILES string of the molecule is COc1c(I)cc(CC2NCCc3cc(O)c(N)cc32)cc1I.COc1c(I)cc(CC2NCCc3cc(O)c(N)cc32)cc1I.COc1c(I)cc(CC2NCCc3cc(O)c(N)cc32)cc1I.O=C(O)C(=O)O.O=C(O)C(=O)O. The molecule has 0 aromatic heterocycles. The summed E-state index contributed by atoms with van der Waals surface area (Å²) in [7, 11) is 5.11. The Hall–Kier alpha value is -4.34. The van der Waals surface area contributed by atoms with Crippen molar-refractivity contribution in [2.45, 2.75) is 56.7 Å². The zero-order valence-electron chi connectivity index (χ0n) is 43.5. The first kappa shape index (κ1) is 67.5. The second-order valence-electron chi connectivity index (χ2n) is 18.2. The molecule has 0 bridgehead atoms. The van der Waals surface area contributed by atoms with Crippen molar-refractivity contribution >= 4 is 176 Å². The van der Waals surface area contributed by atoms with Crippen molar-refractivity contribution in [3.8, 4) is 34.5 Å². The number of aromatic hydroxyl groups is 3. The highest BCUT2D eigenvalue weighted by Gasteiger charge is 2.26. The van der Waals surface area contributed by atoms with Gasteiger partial charge in [-0.25, -0.2) is 19.2 Å². The minimum Gasteiger partial charge on any atom is -0.506 e. The van der Waals surface area contributed by atoms with Crippen molar-refractivity contribution in [2.75, 3.05) is 58.2 Å². The zero-order chi connectivity index (χ0) is 60.0. The summed E-state index contributed by atoms with van der Waals surface area (Å²) in [5.41, 5.74) is 29.9. The van der Waals surface area contributed by atoms with E-state index in [0.717, 1.165) is 96.8 Å². The van der Waals surface area contributed by atoms with Crippen LogP contribution in [0.1, 0.15) is 68.2 Å². The van der Waals surface area contributed by atoms with Crippen LogP contribution in [-0.2, 0) is 57.7 Å². The van der Waals surface area contributed by atoms with Gasteiger partial charge in [0.05, 0.1) is 59.8 Å². The zero-order valence-corrected chi connectivity index (χ0v) is 56.5. The molecule has 0 saturated carbocycles. The second kappa shape index (κ2) is 31.5. The number of halogens is 6. The predicted molar refractivity (Wildman–Crippen MR) is 358 cm³/mol. The third kappa shape index (κ3) is 18.8. The summed E-state index contributed by atoms with van der Waals surface area (Å²) in [5.74, 6) is -3.97. The number of methoxy groups -OCH3 is 3. The topological polar surface area (TPSA) is 352 Å². The summed E-state index contributed by atoms with van der Waals surface area (Å²) in [6.07, 6.45) is 5.39. The van der Waals surface area contributed by atoms with Gasteiger partial charge in [-0.2, -0.15) is 0 Å². The smallest absolute Gasteiger partial charge is 0.414 e. The highest BCUT2D eigenvalue weighted by molar-refractivity contribution is 14.1. The molecular weight excluding hydrogens is 1730 g/mol. The van der Waals surface area contributed by atoms with Crippen LogP contribution in [0.15, 0.2) is 72.8 Å². The first-order chi connectivity index (χ1) is 38.3. The van der Waals surface area contributed by atoms with Gasteiger partial charge in [0, 0.05) is 18.1 Å². The second-order valence-corrected chi connectivity index (χ2v) is 25.2. The summed E-state index contributed by atoms with van der Waals surface area (Å²) in [4.78, 5) is 36.4. The van der Waals surface area contributed by atoms with Gasteiger partial charge in [-0.1, -0.05) is 0 Å². The van der Waals surface area contributed by atoms with Crippen molar-refractivity contribution in [2.24, 2.45) is 0 Å². The maximum atomic E-state index is 9.82.